The first-order valence-corrected chi connectivity index (χ1v) is 8.20. The second-order valence-electron chi connectivity index (χ2n) is 8.28. The van der Waals surface area contributed by atoms with Crippen molar-refractivity contribution in [3.63, 3.8) is 0 Å². The lowest BCUT2D eigenvalue weighted by atomic mass is 9.80. The van der Waals surface area contributed by atoms with Gasteiger partial charge in [0.15, 0.2) is 0 Å². The average Bonchev–Trinajstić information content (AvgIpc) is 2.38. The van der Waals surface area contributed by atoms with Crippen molar-refractivity contribution in [3.8, 4) is 5.75 Å². The molecule has 0 spiro atoms. The lowest BCUT2D eigenvalue weighted by molar-refractivity contribution is 0.159. The van der Waals surface area contributed by atoms with Crippen molar-refractivity contribution in [2.45, 2.75) is 71.3 Å². The monoisotopic (exact) mass is 289 g/mol. The molecule has 1 aliphatic rings. The first-order chi connectivity index (χ1) is 9.68. The van der Waals surface area contributed by atoms with Crippen LogP contribution in [-0.2, 0) is 10.8 Å². The van der Waals surface area contributed by atoms with Crippen LogP contribution in [0.1, 0.15) is 65.5 Å². The Hall–Kier alpha value is -1.02. The summed E-state index contributed by atoms with van der Waals surface area (Å²) in [5.74, 6) is 1.07. The fourth-order valence-corrected chi connectivity index (χ4v) is 2.78. The molecule has 118 valence electrons. The minimum absolute atomic E-state index is 0.101. The van der Waals surface area contributed by atoms with Gasteiger partial charge in [0.25, 0.3) is 0 Å². The fraction of sp³-hybridized carbons (Fsp3) is 0.684. The van der Waals surface area contributed by atoms with Gasteiger partial charge in [0, 0.05) is 0 Å². The Bertz CT molecular complexity index is 473. The van der Waals surface area contributed by atoms with Gasteiger partial charge in [-0.25, -0.2) is 0 Å². The van der Waals surface area contributed by atoms with Gasteiger partial charge in [-0.2, -0.15) is 0 Å². The third-order valence-corrected chi connectivity index (χ3v) is 4.23. The van der Waals surface area contributed by atoms with E-state index in [9.17, 15) is 0 Å². The van der Waals surface area contributed by atoms with Gasteiger partial charge < -0.3 is 10.1 Å². The maximum absolute atomic E-state index is 6.34. The molecule has 21 heavy (non-hydrogen) atoms. The van der Waals surface area contributed by atoms with Crippen molar-refractivity contribution in [2.75, 3.05) is 13.1 Å². The lowest BCUT2D eigenvalue weighted by Crippen LogP contribution is -2.34. The Balaban J connectivity index is 2.31. The van der Waals surface area contributed by atoms with Gasteiger partial charge in [-0.05, 0) is 54.0 Å². The summed E-state index contributed by atoms with van der Waals surface area (Å²) in [7, 11) is 0. The number of nitrogens with one attached hydrogen (secondary N) is 1. The maximum atomic E-state index is 6.34. The van der Waals surface area contributed by atoms with Crippen molar-refractivity contribution in [1.29, 1.82) is 0 Å². The fourth-order valence-electron chi connectivity index (χ4n) is 2.78. The van der Waals surface area contributed by atoms with Crippen molar-refractivity contribution in [1.82, 2.24) is 5.32 Å². The van der Waals surface area contributed by atoms with Crippen molar-refractivity contribution < 1.29 is 4.74 Å². The minimum Gasteiger partial charge on any atom is -0.490 e. The van der Waals surface area contributed by atoms with Gasteiger partial charge in [-0.3, -0.25) is 0 Å². The standard InChI is InChI=1S/C19H31NO/c1-18(2,3)14-7-8-17(16(13-14)19(4,5)6)21-15-9-11-20-12-10-15/h7-8,13,15,20H,9-12H2,1-6H3. The second kappa shape index (κ2) is 6.00. The number of hydrogen-bond donors (Lipinski definition) is 1. The molecule has 1 N–H and O–H groups in total. The Kier molecular flexibility index (Phi) is 4.67. The predicted molar refractivity (Wildman–Crippen MR) is 90.4 cm³/mol. The number of hydrogen-bond acceptors (Lipinski definition) is 2. The van der Waals surface area contributed by atoms with Crippen LogP contribution in [0.3, 0.4) is 0 Å². The molecular formula is C19H31NO. The summed E-state index contributed by atoms with van der Waals surface area (Å²) in [5, 5.41) is 3.39. The first-order valence-electron chi connectivity index (χ1n) is 8.20. The summed E-state index contributed by atoms with van der Waals surface area (Å²) in [6.45, 7) is 15.7. The summed E-state index contributed by atoms with van der Waals surface area (Å²) in [6, 6.07) is 6.76. The van der Waals surface area contributed by atoms with Gasteiger partial charge in [0.1, 0.15) is 11.9 Å². The van der Waals surface area contributed by atoms with E-state index in [4.69, 9.17) is 4.74 Å². The SMILES string of the molecule is CC(C)(C)c1ccc(OC2CCNCC2)c(C(C)(C)C)c1. The van der Waals surface area contributed by atoms with Crippen LogP contribution in [0.5, 0.6) is 5.75 Å². The molecule has 1 aromatic rings. The molecule has 2 nitrogen and oxygen atoms in total. The molecule has 0 unspecified atom stereocenters. The van der Waals surface area contributed by atoms with E-state index < -0.39 is 0 Å². The van der Waals surface area contributed by atoms with Gasteiger partial charge in [0.05, 0.1) is 0 Å². The van der Waals surface area contributed by atoms with E-state index in [1.54, 1.807) is 0 Å². The van der Waals surface area contributed by atoms with Crippen LogP contribution < -0.4 is 10.1 Å². The molecule has 0 aliphatic carbocycles. The molecule has 0 aromatic heterocycles. The topological polar surface area (TPSA) is 21.3 Å². The zero-order valence-electron chi connectivity index (χ0n) is 14.5. The smallest absolute Gasteiger partial charge is 0.123 e. The van der Waals surface area contributed by atoms with Crippen LogP contribution in [0.2, 0.25) is 0 Å². The van der Waals surface area contributed by atoms with E-state index in [1.165, 1.54) is 11.1 Å². The van der Waals surface area contributed by atoms with Crippen LogP contribution in [0.15, 0.2) is 18.2 Å². The molecule has 2 heteroatoms. The number of benzene rings is 1. The molecule has 1 aromatic carbocycles. The number of ether oxygens (including phenoxy) is 1. The van der Waals surface area contributed by atoms with Crippen molar-refractivity contribution in [3.05, 3.63) is 29.3 Å². The Morgan fingerprint density at radius 1 is 0.952 bits per heavy atom. The first kappa shape index (κ1) is 16.4. The molecule has 0 atom stereocenters. The third kappa shape index (κ3) is 4.23. The maximum Gasteiger partial charge on any atom is 0.123 e. The molecule has 0 amide bonds. The van der Waals surface area contributed by atoms with Gasteiger partial charge >= 0.3 is 0 Å². The van der Waals surface area contributed by atoms with Crippen LogP contribution in [0.4, 0.5) is 0 Å². The normalized spacial score (nSPS) is 17.8. The lowest BCUT2D eigenvalue weighted by Gasteiger charge is -2.30. The van der Waals surface area contributed by atoms with E-state index in [0.717, 1.165) is 31.7 Å². The third-order valence-electron chi connectivity index (χ3n) is 4.23. The quantitative estimate of drug-likeness (QED) is 0.870. The zero-order chi connectivity index (χ0) is 15.7. The molecule has 1 heterocycles. The molecule has 1 saturated heterocycles. The van der Waals surface area contributed by atoms with E-state index in [2.05, 4.69) is 65.1 Å². The molecule has 2 rings (SSSR count). The second-order valence-corrected chi connectivity index (χ2v) is 8.28. The van der Waals surface area contributed by atoms with Crippen LogP contribution in [0, 0.1) is 0 Å². The highest BCUT2D eigenvalue weighted by Gasteiger charge is 2.25. The molecule has 1 fully saturated rings. The van der Waals surface area contributed by atoms with E-state index in [1.807, 2.05) is 0 Å². The zero-order valence-corrected chi connectivity index (χ0v) is 14.5. The largest absolute Gasteiger partial charge is 0.490 e. The van der Waals surface area contributed by atoms with E-state index in [0.29, 0.717) is 6.10 Å². The van der Waals surface area contributed by atoms with Gasteiger partial charge in [-0.1, -0.05) is 53.7 Å². The van der Waals surface area contributed by atoms with E-state index in [-0.39, 0.29) is 10.8 Å². The molecular weight excluding hydrogens is 258 g/mol. The summed E-state index contributed by atoms with van der Waals surface area (Å²) >= 11 is 0. The number of piperidine rings is 1. The van der Waals surface area contributed by atoms with Crippen LogP contribution in [0.25, 0.3) is 0 Å². The minimum atomic E-state index is 0.101. The highest BCUT2D eigenvalue weighted by atomic mass is 16.5. The summed E-state index contributed by atoms with van der Waals surface area (Å²) < 4.78 is 6.34. The Morgan fingerprint density at radius 3 is 2.10 bits per heavy atom. The van der Waals surface area contributed by atoms with Crippen LogP contribution in [-0.4, -0.2) is 19.2 Å². The van der Waals surface area contributed by atoms with Crippen molar-refractivity contribution >= 4 is 0 Å². The van der Waals surface area contributed by atoms with E-state index >= 15 is 0 Å². The van der Waals surface area contributed by atoms with Gasteiger partial charge in [0.2, 0.25) is 0 Å². The predicted octanol–water partition coefficient (Wildman–Crippen LogP) is 4.41. The average molecular weight is 289 g/mol. The molecule has 0 bridgehead atoms. The van der Waals surface area contributed by atoms with Crippen LogP contribution >= 0.6 is 0 Å². The molecule has 0 saturated carbocycles. The molecule has 1 aliphatic heterocycles. The Morgan fingerprint density at radius 2 is 1.57 bits per heavy atom. The highest BCUT2D eigenvalue weighted by Crippen LogP contribution is 2.36. The Labute approximate surface area is 130 Å². The number of rotatable bonds is 2. The summed E-state index contributed by atoms with van der Waals surface area (Å²) in [6.07, 6.45) is 2.56. The van der Waals surface area contributed by atoms with Gasteiger partial charge in [-0.15, -0.1) is 0 Å². The van der Waals surface area contributed by atoms with Crippen molar-refractivity contribution in [2.24, 2.45) is 0 Å². The summed E-state index contributed by atoms with van der Waals surface area (Å²) in [4.78, 5) is 0. The molecule has 0 radical (unpaired) electrons. The highest BCUT2D eigenvalue weighted by molar-refractivity contribution is 5.43. The summed E-state index contributed by atoms with van der Waals surface area (Å²) in [5.41, 5.74) is 2.98.